The van der Waals surface area contributed by atoms with Gasteiger partial charge in [0.15, 0.2) is 5.96 Å². The number of imidazole rings is 1. The number of nitrogens with zero attached hydrogens (tertiary/aromatic N) is 3. The zero-order valence-electron chi connectivity index (χ0n) is 18.3. The van der Waals surface area contributed by atoms with Gasteiger partial charge in [0.05, 0.1) is 12.9 Å². The monoisotopic (exact) mass is 389 g/mol. The second kappa shape index (κ2) is 8.95. The first-order valence-electron chi connectivity index (χ1n) is 10.0. The summed E-state index contributed by atoms with van der Waals surface area (Å²) in [6.07, 6.45) is 5.57. The summed E-state index contributed by atoms with van der Waals surface area (Å²) in [7, 11) is 0. The normalized spacial score (nSPS) is 10.7. The fourth-order valence-corrected chi connectivity index (χ4v) is 3.80. The van der Waals surface area contributed by atoms with Crippen LogP contribution < -0.4 is 10.6 Å². The van der Waals surface area contributed by atoms with Gasteiger partial charge < -0.3 is 15.2 Å². The van der Waals surface area contributed by atoms with Crippen LogP contribution in [0.4, 0.5) is 11.4 Å². The summed E-state index contributed by atoms with van der Waals surface area (Å²) in [5, 5.41) is 7.11. The Bertz CT molecular complexity index is 908. The van der Waals surface area contributed by atoms with Gasteiger partial charge in [-0.25, -0.2) is 4.98 Å². The molecule has 0 spiro atoms. The first-order valence-corrected chi connectivity index (χ1v) is 10.0. The lowest BCUT2D eigenvalue weighted by molar-refractivity contribution is 0.708. The fourth-order valence-electron chi connectivity index (χ4n) is 3.80. The largest absolute Gasteiger partial charge is 0.336 e. The Balaban J connectivity index is 1.89. The minimum absolute atomic E-state index is 0.652. The van der Waals surface area contributed by atoms with E-state index in [1.54, 1.807) is 6.20 Å². The van der Waals surface area contributed by atoms with Gasteiger partial charge in [-0.15, -0.1) is 0 Å². The molecule has 0 unspecified atom stereocenters. The quantitative estimate of drug-likeness (QED) is 0.459. The number of guanidine groups is 1. The molecule has 0 atom stereocenters. The van der Waals surface area contributed by atoms with E-state index in [1.165, 1.54) is 33.4 Å². The molecule has 0 aliphatic rings. The SMILES string of the molecule is Cc1cc(C)c(NC(=NCCn2ccnc2)Nc2c(C)cc(C)cc2C)c(C)c1. The van der Waals surface area contributed by atoms with Crippen LogP contribution in [-0.4, -0.2) is 22.1 Å². The molecular weight excluding hydrogens is 358 g/mol. The van der Waals surface area contributed by atoms with Crippen molar-refractivity contribution in [1.29, 1.82) is 0 Å². The van der Waals surface area contributed by atoms with Crippen molar-refractivity contribution in [3.05, 3.63) is 76.4 Å². The van der Waals surface area contributed by atoms with Crippen molar-refractivity contribution in [3.8, 4) is 0 Å². The number of aromatic nitrogens is 2. The van der Waals surface area contributed by atoms with Crippen LogP contribution in [0.2, 0.25) is 0 Å². The molecule has 2 N–H and O–H groups in total. The number of benzene rings is 2. The number of hydrogen-bond acceptors (Lipinski definition) is 2. The van der Waals surface area contributed by atoms with E-state index in [4.69, 9.17) is 4.99 Å². The van der Waals surface area contributed by atoms with E-state index in [0.717, 1.165) is 23.9 Å². The Labute approximate surface area is 173 Å². The van der Waals surface area contributed by atoms with Gasteiger partial charge in [0.25, 0.3) is 0 Å². The van der Waals surface area contributed by atoms with Crippen molar-refractivity contribution in [2.45, 2.75) is 48.1 Å². The lowest BCUT2D eigenvalue weighted by Gasteiger charge is -2.19. The molecule has 0 aliphatic carbocycles. The van der Waals surface area contributed by atoms with Crippen molar-refractivity contribution >= 4 is 17.3 Å². The zero-order valence-corrected chi connectivity index (χ0v) is 18.3. The van der Waals surface area contributed by atoms with Gasteiger partial charge in [0, 0.05) is 30.3 Å². The predicted molar refractivity (Wildman–Crippen MR) is 123 cm³/mol. The molecule has 3 rings (SSSR count). The predicted octanol–water partition coefficient (Wildman–Crippen LogP) is 5.31. The van der Waals surface area contributed by atoms with Crippen LogP contribution in [0, 0.1) is 41.5 Å². The third-order valence-corrected chi connectivity index (χ3v) is 5.03. The second-order valence-electron chi connectivity index (χ2n) is 7.83. The molecule has 0 radical (unpaired) electrons. The molecule has 1 heterocycles. The van der Waals surface area contributed by atoms with E-state index in [9.17, 15) is 0 Å². The summed E-state index contributed by atoms with van der Waals surface area (Å²) >= 11 is 0. The number of aliphatic imine (C=N–C) groups is 1. The molecule has 0 saturated carbocycles. The summed E-state index contributed by atoms with van der Waals surface area (Å²) in [6.45, 7) is 14.2. The maximum atomic E-state index is 4.84. The molecule has 1 aromatic heterocycles. The third kappa shape index (κ3) is 5.25. The molecule has 29 heavy (non-hydrogen) atoms. The van der Waals surface area contributed by atoms with Gasteiger partial charge >= 0.3 is 0 Å². The third-order valence-electron chi connectivity index (χ3n) is 5.03. The first-order chi connectivity index (χ1) is 13.8. The minimum Gasteiger partial charge on any atom is -0.336 e. The van der Waals surface area contributed by atoms with Crippen molar-refractivity contribution in [1.82, 2.24) is 9.55 Å². The molecular formula is C24H31N5. The van der Waals surface area contributed by atoms with Crippen LogP contribution in [0.5, 0.6) is 0 Å². The van der Waals surface area contributed by atoms with Gasteiger partial charge in [-0.1, -0.05) is 35.4 Å². The molecule has 0 fully saturated rings. The lowest BCUT2D eigenvalue weighted by atomic mass is 10.0. The van der Waals surface area contributed by atoms with E-state index in [-0.39, 0.29) is 0 Å². The summed E-state index contributed by atoms with van der Waals surface area (Å²) in [6, 6.07) is 8.78. The molecule has 0 aliphatic heterocycles. The van der Waals surface area contributed by atoms with Crippen molar-refractivity contribution in [2.75, 3.05) is 17.2 Å². The lowest BCUT2D eigenvalue weighted by Crippen LogP contribution is -2.25. The van der Waals surface area contributed by atoms with E-state index in [2.05, 4.69) is 81.4 Å². The maximum Gasteiger partial charge on any atom is 0.200 e. The Morgan fingerprint density at radius 1 is 0.828 bits per heavy atom. The number of rotatable bonds is 5. The average molecular weight is 390 g/mol. The minimum atomic E-state index is 0.652. The molecule has 5 nitrogen and oxygen atoms in total. The summed E-state index contributed by atoms with van der Waals surface area (Å²) in [4.78, 5) is 8.95. The first kappa shape index (κ1) is 20.6. The molecule has 0 amide bonds. The Kier molecular flexibility index (Phi) is 6.37. The van der Waals surface area contributed by atoms with Gasteiger partial charge in [-0.2, -0.15) is 0 Å². The van der Waals surface area contributed by atoms with Crippen LogP contribution >= 0.6 is 0 Å². The molecule has 3 aromatic rings. The van der Waals surface area contributed by atoms with Gasteiger partial charge in [0.2, 0.25) is 0 Å². The fraction of sp³-hybridized carbons (Fsp3) is 0.333. The van der Waals surface area contributed by atoms with Gasteiger partial charge in [0.1, 0.15) is 0 Å². The van der Waals surface area contributed by atoms with Crippen LogP contribution in [0.1, 0.15) is 33.4 Å². The summed E-state index contributed by atoms with van der Waals surface area (Å²) < 4.78 is 2.03. The topological polar surface area (TPSA) is 54.2 Å². The van der Waals surface area contributed by atoms with Crippen molar-refractivity contribution in [3.63, 3.8) is 0 Å². The Morgan fingerprint density at radius 2 is 1.31 bits per heavy atom. The standard InChI is InChI=1S/C24H31N5/c1-16-11-18(3)22(19(4)12-16)27-24(26-8-10-29-9-7-25-15-29)28-23-20(5)13-17(2)14-21(23)6/h7,9,11-15H,8,10H2,1-6H3,(H2,26,27,28). The highest BCUT2D eigenvalue weighted by molar-refractivity contribution is 6.05. The summed E-state index contributed by atoms with van der Waals surface area (Å²) in [5.74, 6) is 0.759. The molecule has 5 heteroatoms. The molecule has 152 valence electrons. The van der Waals surface area contributed by atoms with Crippen LogP contribution in [0.25, 0.3) is 0 Å². The van der Waals surface area contributed by atoms with Gasteiger partial charge in [-0.05, 0) is 63.8 Å². The number of anilines is 2. The van der Waals surface area contributed by atoms with Crippen LogP contribution in [0.3, 0.4) is 0 Å². The molecule has 0 bridgehead atoms. The van der Waals surface area contributed by atoms with E-state index < -0.39 is 0 Å². The van der Waals surface area contributed by atoms with Crippen LogP contribution in [0.15, 0.2) is 48.0 Å². The van der Waals surface area contributed by atoms with E-state index in [1.807, 2.05) is 17.1 Å². The number of aryl methyl sites for hydroxylation is 6. The maximum absolute atomic E-state index is 4.84. The number of nitrogens with one attached hydrogen (secondary N) is 2. The Hall–Kier alpha value is -3.08. The molecule has 2 aromatic carbocycles. The zero-order chi connectivity index (χ0) is 21.0. The van der Waals surface area contributed by atoms with Crippen molar-refractivity contribution in [2.24, 2.45) is 4.99 Å². The van der Waals surface area contributed by atoms with Crippen molar-refractivity contribution < 1.29 is 0 Å². The van der Waals surface area contributed by atoms with E-state index >= 15 is 0 Å². The highest BCUT2D eigenvalue weighted by atomic mass is 15.2. The second-order valence-corrected chi connectivity index (χ2v) is 7.83. The Morgan fingerprint density at radius 3 is 1.72 bits per heavy atom. The van der Waals surface area contributed by atoms with E-state index in [0.29, 0.717) is 6.54 Å². The number of hydrogen-bond donors (Lipinski definition) is 2. The highest BCUT2D eigenvalue weighted by Crippen LogP contribution is 2.25. The molecule has 0 saturated heterocycles. The average Bonchev–Trinajstić information content (AvgIpc) is 3.13. The van der Waals surface area contributed by atoms with Crippen LogP contribution in [-0.2, 0) is 6.54 Å². The van der Waals surface area contributed by atoms with Gasteiger partial charge in [-0.3, -0.25) is 4.99 Å². The smallest absolute Gasteiger partial charge is 0.200 e. The summed E-state index contributed by atoms with van der Waals surface area (Å²) in [5.41, 5.74) is 9.59. The highest BCUT2D eigenvalue weighted by Gasteiger charge is 2.11.